The van der Waals surface area contributed by atoms with Crippen molar-refractivity contribution < 1.29 is 17.9 Å². The van der Waals surface area contributed by atoms with Crippen molar-refractivity contribution in [2.24, 2.45) is 0 Å². The molecule has 0 aliphatic carbocycles. The summed E-state index contributed by atoms with van der Waals surface area (Å²) in [6, 6.07) is 12.4. The lowest BCUT2D eigenvalue weighted by Crippen LogP contribution is -2.30. The summed E-state index contributed by atoms with van der Waals surface area (Å²) < 4.78 is 32.3. The first-order valence-corrected chi connectivity index (χ1v) is 9.13. The van der Waals surface area contributed by atoms with Crippen LogP contribution in [0.3, 0.4) is 0 Å². The van der Waals surface area contributed by atoms with E-state index in [4.69, 9.17) is 4.74 Å². The molecule has 0 heterocycles. The monoisotopic (exact) mass is 363 g/mol. The number of methoxy groups -OCH3 is 1. The average Bonchev–Trinajstić information content (AvgIpc) is 2.54. The first kappa shape index (κ1) is 18.8. The molecule has 0 spiro atoms. The summed E-state index contributed by atoms with van der Waals surface area (Å²) in [5.41, 5.74) is 0.867. The fourth-order valence-electron chi connectivity index (χ4n) is 2.14. The van der Waals surface area contributed by atoms with Crippen molar-refractivity contribution in [3.8, 4) is 5.75 Å². The molecule has 0 atom stereocenters. The van der Waals surface area contributed by atoms with Gasteiger partial charge in [0.05, 0.1) is 17.7 Å². The van der Waals surface area contributed by atoms with Gasteiger partial charge in [-0.15, -0.1) is 0 Å². The molecule has 0 radical (unpaired) electrons. The number of anilines is 2. The average molecular weight is 363 g/mol. The van der Waals surface area contributed by atoms with Crippen molar-refractivity contribution >= 4 is 27.4 Å². The van der Waals surface area contributed by atoms with E-state index in [0.29, 0.717) is 11.4 Å². The summed E-state index contributed by atoms with van der Waals surface area (Å²) in [4.78, 5) is 12.2. The maximum Gasteiger partial charge on any atom is 0.323 e. The predicted molar refractivity (Wildman–Crippen MR) is 97.5 cm³/mol. The molecule has 7 nitrogen and oxygen atoms in total. The molecule has 0 aliphatic heterocycles. The van der Waals surface area contributed by atoms with Gasteiger partial charge in [0.25, 0.3) is 0 Å². The largest absolute Gasteiger partial charge is 0.495 e. The molecule has 0 bridgehead atoms. The number of nitrogens with one attached hydrogen (secondary N) is 3. The van der Waals surface area contributed by atoms with Crippen LogP contribution in [0.1, 0.15) is 13.8 Å². The first-order valence-electron chi connectivity index (χ1n) is 7.65. The Balaban J connectivity index is 2.24. The highest BCUT2D eigenvalue weighted by Gasteiger charge is 2.18. The summed E-state index contributed by atoms with van der Waals surface area (Å²) in [6.07, 6.45) is 0. The Morgan fingerprint density at radius 1 is 1.04 bits per heavy atom. The van der Waals surface area contributed by atoms with Gasteiger partial charge in [0, 0.05) is 11.7 Å². The summed E-state index contributed by atoms with van der Waals surface area (Å²) in [5.74, 6) is 0.353. The van der Waals surface area contributed by atoms with Gasteiger partial charge in [-0.3, -0.25) is 0 Å². The van der Waals surface area contributed by atoms with Gasteiger partial charge in [-0.25, -0.2) is 17.9 Å². The third-order valence-corrected chi connectivity index (χ3v) is 4.81. The van der Waals surface area contributed by atoms with Crippen LogP contribution < -0.4 is 20.1 Å². The molecule has 0 saturated heterocycles. The molecule has 0 unspecified atom stereocenters. The quantitative estimate of drug-likeness (QED) is 0.735. The molecule has 3 N–H and O–H groups in total. The standard InChI is InChI=1S/C17H21N3O4S/c1-12(2)20-25(22,23)14-9-10-16(24-3)15(11-14)19-17(21)18-13-7-5-4-6-8-13/h4-12,20H,1-3H3,(H2,18,19,21). The number of hydrogen-bond donors (Lipinski definition) is 3. The second-order valence-electron chi connectivity index (χ2n) is 5.58. The second-order valence-corrected chi connectivity index (χ2v) is 7.30. The first-order chi connectivity index (χ1) is 11.8. The molecule has 2 rings (SSSR count). The van der Waals surface area contributed by atoms with Gasteiger partial charge in [0.15, 0.2) is 0 Å². The van der Waals surface area contributed by atoms with Crippen LogP contribution in [0.2, 0.25) is 0 Å². The molecule has 2 aromatic rings. The van der Waals surface area contributed by atoms with Gasteiger partial charge in [-0.1, -0.05) is 18.2 Å². The van der Waals surface area contributed by atoms with Gasteiger partial charge >= 0.3 is 6.03 Å². The zero-order valence-electron chi connectivity index (χ0n) is 14.2. The Morgan fingerprint density at radius 3 is 2.32 bits per heavy atom. The van der Waals surface area contributed by atoms with Gasteiger partial charge in [0.1, 0.15) is 5.75 Å². The lowest BCUT2D eigenvalue weighted by atomic mass is 10.3. The SMILES string of the molecule is COc1ccc(S(=O)(=O)NC(C)C)cc1NC(=O)Nc1ccccc1. The van der Waals surface area contributed by atoms with Crippen molar-refractivity contribution in [1.82, 2.24) is 4.72 Å². The lowest BCUT2D eigenvalue weighted by Gasteiger charge is -2.14. The molecule has 2 amide bonds. The molecular weight excluding hydrogens is 342 g/mol. The number of rotatable bonds is 6. The minimum Gasteiger partial charge on any atom is -0.495 e. The number of ether oxygens (including phenoxy) is 1. The molecule has 0 aromatic heterocycles. The minimum atomic E-state index is -3.68. The molecule has 25 heavy (non-hydrogen) atoms. The highest BCUT2D eigenvalue weighted by atomic mass is 32.2. The van der Waals surface area contributed by atoms with Crippen LogP contribution in [-0.2, 0) is 10.0 Å². The number of sulfonamides is 1. The van der Waals surface area contributed by atoms with Crippen LogP contribution in [0, 0.1) is 0 Å². The van der Waals surface area contributed by atoms with E-state index in [1.807, 2.05) is 6.07 Å². The third-order valence-electron chi connectivity index (χ3n) is 3.15. The zero-order chi connectivity index (χ0) is 18.4. The summed E-state index contributed by atoms with van der Waals surface area (Å²) in [5, 5.41) is 5.27. The number of urea groups is 1. The van der Waals surface area contributed by atoms with Crippen LogP contribution >= 0.6 is 0 Å². The van der Waals surface area contributed by atoms with Crippen LogP contribution in [0.4, 0.5) is 16.2 Å². The zero-order valence-corrected chi connectivity index (χ0v) is 15.1. The Morgan fingerprint density at radius 2 is 1.72 bits per heavy atom. The maximum absolute atomic E-state index is 12.3. The highest BCUT2D eigenvalue weighted by Crippen LogP contribution is 2.27. The molecule has 0 saturated carbocycles. The fraction of sp³-hybridized carbons (Fsp3) is 0.235. The van der Waals surface area contributed by atoms with E-state index >= 15 is 0 Å². The summed E-state index contributed by atoms with van der Waals surface area (Å²) >= 11 is 0. The van der Waals surface area contributed by atoms with Crippen LogP contribution in [0.5, 0.6) is 5.75 Å². The Labute approximate surface area is 147 Å². The van der Waals surface area contributed by atoms with E-state index in [1.54, 1.807) is 38.1 Å². The molecular formula is C17H21N3O4S. The van der Waals surface area contributed by atoms with E-state index in [1.165, 1.54) is 25.3 Å². The van der Waals surface area contributed by atoms with E-state index < -0.39 is 16.1 Å². The Bertz CT molecular complexity index is 836. The summed E-state index contributed by atoms with van der Waals surface area (Å²) in [7, 11) is -2.24. The van der Waals surface area contributed by atoms with Crippen LogP contribution in [0.25, 0.3) is 0 Å². The Kier molecular flexibility index (Phi) is 6.00. The highest BCUT2D eigenvalue weighted by molar-refractivity contribution is 7.89. The van der Waals surface area contributed by atoms with Crippen LogP contribution in [-0.4, -0.2) is 27.6 Å². The maximum atomic E-state index is 12.3. The minimum absolute atomic E-state index is 0.0389. The second kappa shape index (κ2) is 8.00. The molecule has 0 fully saturated rings. The fourth-order valence-corrected chi connectivity index (χ4v) is 3.41. The van der Waals surface area contributed by atoms with Crippen molar-refractivity contribution in [2.75, 3.05) is 17.7 Å². The predicted octanol–water partition coefficient (Wildman–Crippen LogP) is 3.03. The van der Waals surface area contributed by atoms with Gasteiger partial charge in [-0.05, 0) is 44.2 Å². The smallest absolute Gasteiger partial charge is 0.323 e. The molecule has 134 valence electrons. The number of para-hydroxylation sites is 1. The van der Waals surface area contributed by atoms with Crippen molar-refractivity contribution in [2.45, 2.75) is 24.8 Å². The number of benzene rings is 2. The van der Waals surface area contributed by atoms with E-state index in [0.717, 1.165) is 0 Å². The molecule has 2 aromatic carbocycles. The summed E-state index contributed by atoms with van der Waals surface area (Å²) in [6.45, 7) is 3.46. The third kappa shape index (κ3) is 5.20. The number of carbonyl (C=O) groups excluding carboxylic acids is 1. The van der Waals surface area contributed by atoms with Gasteiger partial charge < -0.3 is 15.4 Å². The number of amides is 2. The Hall–Kier alpha value is -2.58. The lowest BCUT2D eigenvalue weighted by molar-refractivity contribution is 0.262. The van der Waals surface area contributed by atoms with Gasteiger partial charge in [-0.2, -0.15) is 0 Å². The number of hydrogen-bond acceptors (Lipinski definition) is 4. The van der Waals surface area contributed by atoms with E-state index in [9.17, 15) is 13.2 Å². The van der Waals surface area contributed by atoms with E-state index in [-0.39, 0.29) is 16.6 Å². The molecule has 8 heteroatoms. The van der Waals surface area contributed by atoms with Crippen molar-refractivity contribution in [1.29, 1.82) is 0 Å². The van der Waals surface area contributed by atoms with Crippen molar-refractivity contribution in [3.05, 3.63) is 48.5 Å². The normalized spacial score (nSPS) is 11.2. The number of carbonyl (C=O) groups is 1. The van der Waals surface area contributed by atoms with Gasteiger partial charge in [0.2, 0.25) is 10.0 Å². The van der Waals surface area contributed by atoms with Crippen LogP contribution in [0.15, 0.2) is 53.4 Å². The topological polar surface area (TPSA) is 96.5 Å². The van der Waals surface area contributed by atoms with Crippen molar-refractivity contribution in [3.63, 3.8) is 0 Å². The van der Waals surface area contributed by atoms with E-state index in [2.05, 4.69) is 15.4 Å². The molecule has 0 aliphatic rings.